The van der Waals surface area contributed by atoms with Gasteiger partial charge in [0.25, 0.3) is 0 Å². The zero-order valence-electron chi connectivity index (χ0n) is 18.9. The Bertz CT molecular complexity index is 1230. The molecular formula is C27H26BN3O2. The largest absolute Gasteiger partial charge is 0.497 e. The van der Waals surface area contributed by atoms with Crippen LogP contribution in [0.4, 0.5) is 0 Å². The number of aliphatic imine (C=N–C) groups is 1. The fourth-order valence-electron chi connectivity index (χ4n) is 3.70. The summed E-state index contributed by atoms with van der Waals surface area (Å²) >= 11 is 0. The minimum atomic E-state index is 0.531. The van der Waals surface area contributed by atoms with Gasteiger partial charge in [-0.15, -0.1) is 0 Å². The number of aromatic nitrogens is 1. The molecule has 1 aromatic heterocycles. The third kappa shape index (κ3) is 5.36. The Hall–Kier alpha value is -3.77. The second-order valence-electron chi connectivity index (χ2n) is 7.71. The average Bonchev–Trinajstić information content (AvgIpc) is 3.42. The van der Waals surface area contributed by atoms with Crippen molar-refractivity contribution in [2.45, 2.75) is 13.3 Å². The van der Waals surface area contributed by atoms with E-state index >= 15 is 0 Å². The summed E-state index contributed by atoms with van der Waals surface area (Å²) in [5.41, 5.74) is 11.8. The van der Waals surface area contributed by atoms with E-state index in [1.54, 1.807) is 11.6 Å². The van der Waals surface area contributed by atoms with Gasteiger partial charge in [0.2, 0.25) is 7.98 Å². The van der Waals surface area contributed by atoms with Crippen LogP contribution in [0.15, 0.2) is 95.3 Å². The maximum Gasteiger partial charge on any atom is 0.234 e. The summed E-state index contributed by atoms with van der Waals surface area (Å²) < 4.78 is 12.7. The van der Waals surface area contributed by atoms with Gasteiger partial charge in [-0.25, -0.2) is 4.99 Å². The minimum Gasteiger partial charge on any atom is -0.497 e. The van der Waals surface area contributed by atoms with Gasteiger partial charge in [0.05, 0.1) is 18.5 Å². The first kappa shape index (κ1) is 22.4. The summed E-state index contributed by atoms with van der Waals surface area (Å²) in [6.07, 6.45) is 8.66. The molecule has 3 aromatic rings. The first-order valence-corrected chi connectivity index (χ1v) is 10.8. The smallest absolute Gasteiger partial charge is 0.234 e. The third-order valence-electron chi connectivity index (χ3n) is 5.37. The molecular weight excluding hydrogens is 409 g/mol. The van der Waals surface area contributed by atoms with Crippen LogP contribution < -0.4 is 15.2 Å². The van der Waals surface area contributed by atoms with Crippen molar-refractivity contribution in [3.63, 3.8) is 0 Å². The normalized spacial score (nSPS) is 14.9. The molecule has 0 atom stereocenters. The van der Waals surface area contributed by atoms with Crippen LogP contribution in [0.3, 0.4) is 0 Å². The van der Waals surface area contributed by atoms with Gasteiger partial charge in [-0.05, 0) is 97.9 Å². The molecule has 0 saturated carbocycles. The molecule has 0 spiro atoms. The van der Waals surface area contributed by atoms with Crippen molar-refractivity contribution in [2.24, 2.45) is 10.7 Å². The van der Waals surface area contributed by atoms with Crippen molar-refractivity contribution in [1.82, 2.24) is 4.48 Å². The molecule has 33 heavy (non-hydrogen) atoms. The van der Waals surface area contributed by atoms with Gasteiger partial charge in [-0.2, -0.15) is 0 Å². The van der Waals surface area contributed by atoms with E-state index in [0.29, 0.717) is 13.0 Å². The fraction of sp³-hybridized carbons (Fsp3) is 0.148. The van der Waals surface area contributed by atoms with Gasteiger partial charge in [0, 0.05) is 11.3 Å². The van der Waals surface area contributed by atoms with Crippen molar-refractivity contribution < 1.29 is 9.47 Å². The quantitative estimate of drug-likeness (QED) is 0.483. The molecule has 2 aromatic carbocycles. The van der Waals surface area contributed by atoms with Crippen molar-refractivity contribution in [2.75, 3.05) is 13.7 Å². The topological polar surface area (TPSA) is 61.8 Å². The Morgan fingerprint density at radius 3 is 2.27 bits per heavy atom. The van der Waals surface area contributed by atoms with Crippen LogP contribution in [0.2, 0.25) is 0 Å². The Balaban J connectivity index is 1.49. The van der Waals surface area contributed by atoms with Crippen molar-refractivity contribution in [3.8, 4) is 17.2 Å². The van der Waals surface area contributed by atoms with Gasteiger partial charge in [0.1, 0.15) is 17.2 Å². The number of hydrogen-bond acceptors (Lipinski definition) is 4. The van der Waals surface area contributed by atoms with Crippen LogP contribution in [0.5, 0.6) is 17.2 Å². The summed E-state index contributed by atoms with van der Waals surface area (Å²) in [4.78, 5) is 4.85. The molecule has 0 fully saturated rings. The minimum absolute atomic E-state index is 0.531. The van der Waals surface area contributed by atoms with E-state index in [0.717, 1.165) is 51.1 Å². The fourth-order valence-corrected chi connectivity index (χ4v) is 3.70. The summed E-state index contributed by atoms with van der Waals surface area (Å²) in [5, 5.41) is 0. The molecule has 0 amide bonds. The SMILES string of the molecule is [B]n1cccc1/C(CCN)=C1N=C(/C=C/c2ccc(Oc3ccc(OC)cc3)cc2)C=C\1C. The Morgan fingerprint density at radius 2 is 1.67 bits per heavy atom. The predicted molar refractivity (Wildman–Crippen MR) is 136 cm³/mol. The number of methoxy groups -OCH3 is 1. The van der Waals surface area contributed by atoms with Crippen LogP contribution >= 0.6 is 0 Å². The number of ether oxygens (including phenoxy) is 2. The van der Waals surface area contributed by atoms with Gasteiger partial charge in [-0.3, -0.25) is 0 Å². The first-order valence-electron chi connectivity index (χ1n) is 10.8. The van der Waals surface area contributed by atoms with E-state index in [1.165, 1.54) is 0 Å². The zero-order chi connectivity index (χ0) is 23.2. The molecule has 5 nitrogen and oxygen atoms in total. The summed E-state index contributed by atoms with van der Waals surface area (Å²) in [6.45, 7) is 2.59. The Labute approximate surface area is 196 Å². The predicted octanol–water partition coefficient (Wildman–Crippen LogP) is 5.39. The molecule has 164 valence electrons. The van der Waals surface area contributed by atoms with E-state index in [1.807, 2.05) is 79.0 Å². The maximum atomic E-state index is 6.07. The number of nitrogens with two attached hydrogens (primary N) is 1. The molecule has 0 unspecified atom stereocenters. The number of rotatable bonds is 8. The zero-order valence-corrected chi connectivity index (χ0v) is 18.9. The van der Waals surface area contributed by atoms with Crippen LogP contribution in [0.25, 0.3) is 11.6 Å². The number of benzene rings is 2. The highest BCUT2D eigenvalue weighted by atomic mass is 16.5. The molecule has 2 heterocycles. The monoisotopic (exact) mass is 435 g/mol. The average molecular weight is 435 g/mol. The molecule has 4 rings (SSSR count). The van der Waals surface area contributed by atoms with Gasteiger partial charge < -0.3 is 19.7 Å². The molecule has 2 N–H and O–H groups in total. The molecule has 6 heteroatoms. The van der Waals surface area contributed by atoms with Crippen LogP contribution in [-0.4, -0.2) is 31.8 Å². The van der Waals surface area contributed by atoms with Crippen LogP contribution in [-0.2, 0) is 0 Å². The number of nitrogens with zero attached hydrogens (tertiary/aromatic N) is 2. The molecule has 1 aliphatic rings. The van der Waals surface area contributed by atoms with Gasteiger partial charge in [0.15, 0.2) is 0 Å². The lowest BCUT2D eigenvalue weighted by Crippen LogP contribution is -2.05. The summed E-state index contributed by atoms with van der Waals surface area (Å²) in [6, 6.07) is 19.3. The molecule has 0 aliphatic carbocycles. The van der Waals surface area contributed by atoms with Crippen LogP contribution in [0.1, 0.15) is 24.6 Å². The maximum absolute atomic E-state index is 6.07. The van der Waals surface area contributed by atoms with Crippen molar-refractivity contribution >= 4 is 25.3 Å². The summed E-state index contributed by atoms with van der Waals surface area (Å²) in [7, 11) is 7.72. The lowest BCUT2D eigenvalue weighted by atomic mass is 10.0. The number of allylic oxidation sites excluding steroid dienone is 3. The Morgan fingerprint density at radius 1 is 1.00 bits per heavy atom. The van der Waals surface area contributed by atoms with Gasteiger partial charge >= 0.3 is 0 Å². The van der Waals surface area contributed by atoms with Gasteiger partial charge in [-0.1, -0.05) is 18.2 Å². The lowest BCUT2D eigenvalue weighted by molar-refractivity contribution is 0.413. The van der Waals surface area contributed by atoms with E-state index in [2.05, 4.69) is 13.0 Å². The van der Waals surface area contributed by atoms with E-state index in [-0.39, 0.29) is 0 Å². The van der Waals surface area contributed by atoms with E-state index < -0.39 is 0 Å². The van der Waals surface area contributed by atoms with E-state index in [4.69, 9.17) is 28.2 Å². The molecule has 0 saturated heterocycles. The van der Waals surface area contributed by atoms with Crippen LogP contribution in [0, 0.1) is 0 Å². The van der Waals surface area contributed by atoms with E-state index in [9.17, 15) is 0 Å². The third-order valence-corrected chi connectivity index (χ3v) is 5.37. The lowest BCUT2D eigenvalue weighted by Gasteiger charge is -2.11. The second-order valence-corrected chi connectivity index (χ2v) is 7.71. The molecule has 1 aliphatic heterocycles. The standard InChI is InChI=1S/C27H26BN3O2/c1-19-18-21(30-27(19)25(15-16-29)26-4-3-17-31(26)28)8-5-20-6-9-23(10-7-20)33-24-13-11-22(32-2)12-14-24/h3-14,17-18H,15-16,29H2,1-2H3/b8-5+,27-25-. The highest BCUT2D eigenvalue weighted by Gasteiger charge is 2.16. The molecule has 2 radical (unpaired) electrons. The highest BCUT2D eigenvalue weighted by molar-refractivity contribution is 6.11. The highest BCUT2D eigenvalue weighted by Crippen LogP contribution is 2.31. The first-order chi connectivity index (χ1) is 16.1. The van der Waals surface area contributed by atoms with Crippen molar-refractivity contribution in [1.29, 1.82) is 0 Å². The summed E-state index contributed by atoms with van der Waals surface area (Å²) in [5.74, 6) is 2.33. The Kier molecular flexibility index (Phi) is 6.96. The second kappa shape index (κ2) is 10.2. The molecule has 0 bridgehead atoms. The number of hydrogen-bond donors (Lipinski definition) is 1. The van der Waals surface area contributed by atoms with Crippen molar-refractivity contribution in [3.05, 3.63) is 102 Å².